The molecule has 5 nitrogen and oxygen atoms in total. The molecule has 1 amide bonds. The maximum Gasteiger partial charge on any atom is 0.417 e. The van der Waals surface area contributed by atoms with Gasteiger partial charge in [0.25, 0.3) is 0 Å². The van der Waals surface area contributed by atoms with Gasteiger partial charge in [0.1, 0.15) is 11.9 Å². The summed E-state index contributed by atoms with van der Waals surface area (Å²) in [5.41, 5.74) is 1.63. The summed E-state index contributed by atoms with van der Waals surface area (Å²) in [5.74, 6) is -1.00. The van der Waals surface area contributed by atoms with Crippen LogP contribution in [0.25, 0.3) is 0 Å². The van der Waals surface area contributed by atoms with E-state index in [9.17, 15) is 14.7 Å². The van der Waals surface area contributed by atoms with E-state index in [0.29, 0.717) is 11.4 Å². The number of carboxylic acids is 1. The number of halogens is 1. The van der Waals surface area contributed by atoms with Crippen molar-refractivity contribution in [2.45, 2.75) is 18.3 Å². The van der Waals surface area contributed by atoms with E-state index in [1.54, 1.807) is 24.3 Å². The lowest BCUT2D eigenvalue weighted by Gasteiger charge is -2.13. The maximum absolute atomic E-state index is 11.7. The quantitative estimate of drug-likeness (QED) is 0.727. The first kappa shape index (κ1) is 18.2. The molecule has 0 fully saturated rings. The molecule has 0 saturated heterocycles. The van der Waals surface area contributed by atoms with Crippen LogP contribution in [0.5, 0.6) is 0 Å². The Bertz CT molecular complexity index is 696. The van der Waals surface area contributed by atoms with Crippen LogP contribution in [0, 0.1) is 0 Å². The molecule has 0 radical (unpaired) electrons. The number of carbonyl (C=O) groups excluding carboxylic acids is 1. The van der Waals surface area contributed by atoms with Crippen molar-refractivity contribution in [1.29, 1.82) is 0 Å². The first-order chi connectivity index (χ1) is 11.5. The van der Waals surface area contributed by atoms with Crippen molar-refractivity contribution in [1.82, 2.24) is 4.72 Å². The molecule has 0 spiro atoms. The van der Waals surface area contributed by atoms with Gasteiger partial charge in [0.15, 0.2) is 0 Å². The van der Waals surface area contributed by atoms with Crippen LogP contribution < -0.4 is 4.72 Å². The van der Waals surface area contributed by atoms with E-state index in [1.165, 1.54) is 0 Å². The highest BCUT2D eigenvalue weighted by molar-refractivity contribution is 7.99. The summed E-state index contributed by atoms with van der Waals surface area (Å²) in [6.45, 7) is 0.0589. The number of amides is 1. The Balaban J connectivity index is 1.80. The third-order valence-electron chi connectivity index (χ3n) is 3.08. The average Bonchev–Trinajstić information content (AvgIpc) is 2.57. The van der Waals surface area contributed by atoms with Crippen molar-refractivity contribution in [2.24, 2.45) is 0 Å². The van der Waals surface area contributed by atoms with E-state index in [0.717, 1.165) is 23.1 Å². The Labute approximate surface area is 149 Å². The second kappa shape index (κ2) is 9.20. The van der Waals surface area contributed by atoms with Crippen LogP contribution in [0.1, 0.15) is 11.1 Å². The summed E-state index contributed by atoms with van der Waals surface area (Å²) in [6.07, 6.45) is -0.394. The molecule has 0 unspecified atom stereocenters. The summed E-state index contributed by atoms with van der Waals surface area (Å²) in [4.78, 5) is 23.0. The number of hydrogen-bond donors (Lipinski definition) is 2. The van der Waals surface area contributed by atoms with Gasteiger partial charge in [-0.2, -0.15) is 0 Å². The van der Waals surface area contributed by atoms with Crippen LogP contribution in [0.4, 0.5) is 4.79 Å². The van der Waals surface area contributed by atoms with E-state index in [-0.39, 0.29) is 6.61 Å². The minimum atomic E-state index is -1.00. The smallest absolute Gasteiger partial charge is 0.417 e. The van der Waals surface area contributed by atoms with Gasteiger partial charge >= 0.3 is 12.1 Å². The zero-order valence-corrected chi connectivity index (χ0v) is 14.2. The van der Waals surface area contributed by atoms with Crippen molar-refractivity contribution in [3.05, 3.63) is 70.7 Å². The fraction of sp³-hybridized carbons (Fsp3) is 0.176. The van der Waals surface area contributed by atoms with Gasteiger partial charge in [-0.3, -0.25) is 9.52 Å². The van der Waals surface area contributed by atoms with Crippen molar-refractivity contribution in [3.8, 4) is 0 Å². The first-order valence-corrected chi connectivity index (χ1v) is 8.40. The number of ether oxygens (including phenoxy) is 1. The van der Waals surface area contributed by atoms with E-state index in [2.05, 4.69) is 4.72 Å². The van der Waals surface area contributed by atoms with Crippen molar-refractivity contribution < 1.29 is 19.4 Å². The third-order valence-corrected chi connectivity index (χ3v) is 4.26. The van der Waals surface area contributed by atoms with E-state index in [4.69, 9.17) is 16.3 Å². The van der Waals surface area contributed by atoms with Crippen LogP contribution in [0.15, 0.2) is 54.6 Å². The van der Waals surface area contributed by atoms with Crippen molar-refractivity contribution in [3.63, 3.8) is 0 Å². The zero-order valence-electron chi connectivity index (χ0n) is 12.6. The van der Waals surface area contributed by atoms with Gasteiger partial charge < -0.3 is 9.84 Å². The SMILES string of the molecule is O=C(NS[C@@H](Cc1ccccc1)C(=O)O)OCc1cccc(Cl)c1. The fourth-order valence-corrected chi connectivity index (χ4v) is 2.82. The molecule has 0 saturated carbocycles. The monoisotopic (exact) mass is 365 g/mol. The fourth-order valence-electron chi connectivity index (χ4n) is 1.93. The normalized spacial score (nSPS) is 11.5. The molecule has 0 aliphatic carbocycles. The molecule has 0 aliphatic heterocycles. The number of nitrogens with one attached hydrogen (secondary N) is 1. The predicted octanol–water partition coefficient (Wildman–Crippen LogP) is 3.91. The molecular formula is C17H16ClNO4S. The number of hydrogen-bond acceptors (Lipinski definition) is 4. The standard InChI is InChI=1S/C17H16ClNO4S/c18-14-8-4-7-13(9-14)11-23-17(22)19-24-15(16(20)21)10-12-5-2-1-3-6-12/h1-9,15H,10-11H2,(H,19,22)(H,20,21)/t15-/m0/s1. The van der Waals surface area contributed by atoms with Gasteiger partial charge in [0, 0.05) is 5.02 Å². The molecule has 2 N–H and O–H groups in total. The summed E-state index contributed by atoms with van der Waals surface area (Å²) >= 11 is 6.67. The second-order valence-corrected chi connectivity index (χ2v) is 6.39. The summed E-state index contributed by atoms with van der Waals surface area (Å²) in [5, 5.41) is 9.01. The van der Waals surface area contributed by atoms with Crippen LogP contribution in [0.2, 0.25) is 5.02 Å². The van der Waals surface area contributed by atoms with Gasteiger partial charge in [-0.25, -0.2) is 4.79 Å². The molecule has 2 rings (SSSR count). The first-order valence-electron chi connectivity index (χ1n) is 7.14. The lowest BCUT2D eigenvalue weighted by Crippen LogP contribution is -2.27. The number of carbonyl (C=O) groups is 2. The minimum absolute atomic E-state index is 0.0589. The van der Waals surface area contributed by atoms with Crippen LogP contribution in [-0.4, -0.2) is 22.4 Å². The zero-order chi connectivity index (χ0) is 17.4. The van der Waals surface area contributed by atoms with Gasteiger partial charge in [-0.05, 0) is 41.6 Å². The van der Waals surface area contributed by atoms with Crippen molar-refractivity contribution >= 4 is 35.6 Å². The third kappa shape index (κ3) is 6.14. The van der Waals surface area contributed by atoms with E-state index in [1.807, 2.05) is 30.3 Å². The highest BCUT2D eigenvalue weighted by Gasteiger charge is 2.20. The second-order valence-electron chi connectivity index (χ2n) is 4.94. The average molecular weight is 366 g/mol. The van der Waals surface area contributed by atoms with Crippen LogP contribution in [0.3, 0.4) is 0 Å². The number of rotatable bonds is 7. The van der Waals surface area contributed by atoms with E-state index < -0.39 is 17.3 Å². The van der Waals surface area contributed by atoms with Gasteiger partial charge in [0.2, 0.25) is 0 Å². The molecule has 0 heterocycles. The highest BCUT2D eigenvalue weighted by Crippen LogP contribution is 2.15. The van der Waals surface area contributed by atoms with Crippen LogP contribution >= 0.6 is 23.5 Å². The van der Waals surface area contributed by atoms with E-state index >= 15 is 0 Å². The lowest BCUT2D eigenvalue weighted by atomic mass is 10.1. The highest BCUT2D eigenvalue weighted by atomic mass is 35.5. The number of aliphatic carboxylic acids is 1. The molecule has 0 bridgehead atoms. The topological polar surface area (TPSA) is 75.6 Å². The Morgan fingerprint density at radius 1 is 1.12 bits per heavy atom. The van der Waals surface area contributed by atoms with Gasteiger partial charge in [-0.15, -0.1) is 0 Å². The molecule has 7 heteroatoms. The minimum Gasteiger partial charge on any atom is -0.480 e. The molecule has 24 heavy (non-hydrogen) atoms. The van der Waals surface area contributed by atoms with Gasteiger partial charge in [-0.1, -0.05) is 54.1 Å². The molecule has 0 aliphatic rings. The molecule has 2 aromatic carbocycles. The Morgan fingerprint density at radius 2 is 1.83 bits per heavy atom. The summed E-state index contributed by atoms with van der Waals surface area (Å²) < 4.78 is 7.45. The van der Waals surface area contributed by atoms with Crippen molar-refractivity contribution in [2.75, 3.05) is 0 Å². The summed E-state index contributed by atoms with van der Waals surface area (Å²) in [6, 6.07) is 16.2. The number of carboxylic acid groups (broad SMARTS) is 1. The largest absolute Gasteiger partial charge is 0.480 e. The van der Waals surface area contributed by atoms with Gasteiger partial charge in [0.05, 0.1) is 0 Å². The molecule has 126 valence electrons. The molecule has 1 atom stereocenters. The molecular weight excluding hydrogens is 350 g/mol. The Kier molecular flexibility index (Phi) is 6.96. The van der Waals surface area contributed by atoms with Crippen LogP contribution in [-0.2, 0) is 22.6 Å². The molecule has 2 aromatic rings. The Hall–Kier alpha value is -2.18. The maximum atomic E-state index is 11.7. The summed E-state index contributed by atoms with van der Waals surface area (Å²) in [7, 11) is 0. The lowest BCUT2D eigenvalue weighted by molar-refractivity contribution is -0.136. The predicted molar refractivity (Wildman–Crippen MR) is 93.9 cm³/mol. The Morgan fingerprint density at radius 3 is 2.50 bits per heavy atom. The molecule has 0 aromatic heterocycles. The number of benzene rings is 2.